The van der Waals surface area contributed by atoms with Crippen molar-refractivity contribution in [1.29, 1.82) is 0 Å². The number of rotatable bonds is 4. The van der Waals surface area contributed by atoms with E-state index in [1.54, 1.807) is 0 Å². The van der Waals surface area contributed by atoms with Crippen LogP contribution in [0, 0.1) is 5.92 Å². The highest BCUT2D eigenvalue weighted by Gasteiger charge is 2.29. The zero-order valence-corrected chi connectivity index (χ0v) is 12.0. The first-order valence-corrected chi connectivity index (χ1v) is 7.52. The number of hydrogen-bond donors (Lipinski definition) is 1. The minimum atomic E-state index is 0.338. The third-order valence-electron chi connectivity index (χ3n) is 4.82. The largest absolute Gasteiger partial charge is 0.312 e. The average molecular weight is 238 g/mol. The Balaban J connectivity index is 1.72. The molecule has 0 radical (unpaired) electrons. The molecule has 0 spiro atoms. The van der Waals surface area contributed by atoms with Crippen LogP contribution in [0.15, 0.2) is 0 Å². The van der Waals surface area contributed by atoms with Crippen LogP contribution >= 0.6 is 0 Å². The summed E-state index contributed by atoms with van der Waals surface area (Å²) in [4.78, 5) is 2.63. The third kappa shape index (κ3) is 3.96. The van der Waals surface area contributed by atoms with Gasteiger partial charge >= 0.3 is 0 Å². The van der Waals surface area contributed by atoms with Gasteiger partial charge in [0.1, 0.15) is 0 Å². The van der Waals surface area contributed by atoms with Gasteiger partial charge in [0.05, 0.1) is 0 Å². The maximum Gasteiger partial charge on any atom is 0.0140 e. The number of nitrogens with zero attached hydrogens (tertiary/aromatic N) is 1. The second kappa shape index (κ2) is 5.71. The van der Waals surface area contributed by atoms with Gasteiger partial charge < -0.3 is 10.2 Å². The summed E-state index contributed by atoms with van der Waals surface area (Å²) < 4.78 is 0. The molecule has 0 amide bonds. The third-order valence-corrected chi connectivity index (χ3v) is 4.82. The van der Waals surface area contributed by atoms with Crippen molar-refractivity contribution in [3.63, 3.8) is 0 Å². The maximum absolute atomic E-state index is 3.61. The molecule has 1 saturated carbocycles. The first-order chi connectivity index (χ1) is 8.07. The van der Waals surface area contributed by atoms with E-state index in [1.807, 2.05) is 0 Å². The number of piperidine rings is 1. The summed E-state index contributed by atoms with van der Waals surface area (Å²) in [5.74, 6) is 1.03. The Hall–Kier alpha value is -0.0800. The van der Waals surface area contributed by atoms with Crippen molar-refractivity contribution < 1.29 is 0 Å². The van der Waals surface area contributed by atoms with Crippen molar-refractivity contribution in [3.8, 4) is 0 Å². The predicted molar refractivity (Wildman–Crippen MR) is 74.3 cm³/mol. The van der Waals surface area contributed by atoms with Crippen molar-refractivity contribution in [2.45, 2.75) is 70.4 Å². The van der Waals surface area contributed by atoms with Crippen molar-refractivity contribution >= 4 is 0 Å². The zero-order valence-electron chi connectivity index (χ0n) is 12.0. The van der Waals surface area contributed by atoms with Gasteiger partial charge in [0, 0.05) is 11.6 Å². The lowest BCUT2D eigenvalue weighted by atomic mass is 9.88. The molecule has 1 aliphatic carbocycles. The van der Waals surface area contributed by atoms with Gasteiger partial charge in [0.15, 0.2) is 0 Å². The second-order valence-corrected chi connectivity index (χ2v) is 6.88. The lowest BCUT2D eigenvalue weighted by Crippen LogP contribution is -2.52. The molecule has 0 bridgehead atoms. The van der Waals surface area contributed by atoms with Gasteiger partial charge in [0.2, 0.25) is 0 Å². The van der Waals surface area contributed by atoms with Gasteiger partial charge in [-0.2, -0.15) is 0 Å². The van der Waals surface area contributed by atoms with E-state index in [0.29, 0.717) is 5.54 Å². The monoisotopic (exact) mass is 238 g/mol. The van der Waals surface area contributed by atoms with Crippen LogP contribution in [0.3, 0.4) is 0 Å². The molecule has 2 fully saturated rings. The van der Waals surface area contributed by atoms with Crippen LogP contribution in [0.4, 0.5) is 0 Å². The van der Waals surface area contributed by atoms with E-state index >= 15 is 0 Å². The van der Waals surface area contributed by atoms with Crippen LogP contribution in [-0.2, 0) is 0 Å². The molecule has 1 saturated heterocycles. The van der Waals surface area contributed by atoms with Crippen molar-refractivity contribution in [3.05, 3.63) is 0 Å². The molecular formula is C15H30N2. The molecule has 2 heteroatoms. The van der Waals surface area contributed by atoms with Gasteiger partial charge in [0.25, 0.3) is 0 Å². The molecule has 2 nitrogen and oxygen atoms in total. The fourth-order valence-electron chi connectivity index (χ4n) is 3.58. The molecule has 2 aliphatic rings. The van der Waals surface area contributed by atoms with Crippen LogP contribution < -0.4 is 5.32 Å². The Morgan fingerprint density at radius 2 is 1.88 bits per heavy atom. The molecule has 0 aromatic rings. The standard InChI is InChI=1S/C15H30N2/c1-15(2)12-14(8-10-16-15)17(3)11-9-13-6-4-5-7-13/h13-14,16H,4-12H2,1-3H3. The summed E-state index contributed by atoms with van der Waals surface area (Å²) in [6.45, 7) is 7.17. The summed E-state index contributed by atoms with van der Waals surface area (Å²) in [5.41, 5.74) is 0.338. The highest BCUT2D eigenvalue weighted by Crippen LogP contribution is 2.28. The van der Waals surface area contributed by atoms with Gasteiger partial charge in [-0.15, -0.1) is 0 Å². The van der Waals surface area contributed by atoms with Crippen molar-refractivity contribution in [2.24, 2.45) is 5.92 Å². The summed E-state index contributed by atoms with van der Waals surface area (Å²) in [5, 5.41) is 3.61. The Labute approximate surface area is 107 Å². The smallest absolute Gasteiger partial charge is 0.0140 e. The average Bonchev–Trinajstić information content (AvgIpc) is 2.77. The summed E-state index contributed by atoms with van der Waals surface area (Å²) >= 11 is 0. The lowest BCUT2D eigenvalue weighted by Gasteiger charge is -2.41. The minimum Gasteiger partial charge on any atom is -0.312 e. The summed E-state index contributed by atoms with van der Waals surface area (Å²) in [7, 11) is 2.33. The van der Waals surface area contributed by atoms with E-state index < -0.39 is 0 Å². The van der Waals surface area contributed by atoms with E-state index in [-0.39, 0.29) is 0 Å². The Morgan fingerprint density at radius 3 is 2.53 bits per heavy atom. The maximum atomic E-state index is 3.61. The first-order valence-electron chi connectivity index (χ1n) is 7.52. The number of hydrogen-bond acceptors (Lipinski definition) is 2. The molecule has 0 aromatic carbocycles. The lowest BCUT2D eigenvalue weighted by molar-refractivity contribution is 0.137. The second-order valence-electron chi connectivity index (χ2n) is 6.88. The molecule has 100 valence electrons. The first kappa shape index (κ1) is 13.4. The highest BCUT2D eigenvalue weighted by molar-refractivity contribution is 4.90. The van der Waals surface area contributed by atoms with E-state index in [1.165, 1.54) is 58.0 Å². The fourth-order valence-corrected chi connectivity index (χ4v) is 3.58. The molecular weight excluding hydrogens is 208 g/mol. The van der Waals surface area contributed by atoms with Gasteiger partial charge in [-0.1, -0.05) is 25.7 Å². The molecule has 2 rings (SSSR count). The molecule has 1 heterocycles. The highest BCUT2D eigenvalue weighted by atomic mass is 15.1. The molecule has 1 aliphatic heterocycles. The Bertz CT molecular complexity index is 231. The van der Waals surface area contributed by atoms with Crippen LogP contribution in [0.2, 0.25) is 0 Å². The van der Waals surface area contributed by atoms with Gasteiger partial charge in [-0.3, -0.25) is 0 Å². The van der Waals surface area contributed by atoms with E-state index in [0.717, 1.165) is 12.0 Å². The minimum absolute atomic E-state index is 0.338. The molecule has 17 heavy (non-hydrogen) atoms. The zero-order chi connectivity index (χ0) is 12.3. The van der Waals surface area contributed by atoms with Crippen LogP contribution in [0.5, 0.6) is 0 Å². The van der Waals surface area contributed by atoms with E-state index in [2.05, 4.69) is 31.1 Å². The van der Waals surface area contributed by atoms with Gasteiger partial charge in [-0.25, -0.2) is 0 Å². The van der Waals surface area contributed by atoms with Crippen LogP contribution in [0.1, 0.15) is 58.8 Å². The Morgan fingerprint density at radius 1 is 1.18 bits per heavy atom. The summed E-state index contributed by atoms with van der Waals surface area (Å²) in [6, 6.07) is 0.799. The summed E-state index contributed by atoms with van der Waals surface area (Å²) in [6.07, 6.45) is 10.0. The quantitative estimate of drug-likeness (QED) is 0.810. The van der Waals surface area contributed by atoms with Crippen molar-refractivity contribution in [1.82, 2.24) is 10.2 Å². The topological polar surface area (TPSA) is 15.3 Å². The SMILES string of the molecule is CN(CCC1CCCC1)C1CCNC(C)(C)C1. The molecule has 1 atom stereocenters. The number of nitrogens with one attached hydrogen (secondary N) is 1. The van der Waals surface area contributed by atoms with E-state index in [9.17, 15) is 0 Å². The van der Waals surface area contributed by atoms with Crippen LogP contribution in [0.25, 0.3) is 0 Å². The molecule has 1 N–H and O–H groups in total. The van der Waals surface area contributed by atoms with Gasteiger partial charge in [-0.05, 0) is 59.2 Å². The molecule has 0 aromatic heterocycles. The fraction of sp³-hybridized carbons (Fsp3) is 1.00. The van der Waals surface area contributed by atoms with E-state index in [4.69, 9.17) is 0 Å². The Kier molecular flexibility index (Phi) is 4.48. The van der Waals surface area contributed by atoms with Crippen LogP contribution in [-0.4, -0.2) is 36.6 Å². The predicted octanol–water partition coefficient (Wildman–Crippen LogP) is 3.03. The van der Waals surface area contributed by atoms with Crippen molar-refractivity contribution in [2.75, 3.05) is 20.1 Å². The normalized spacial score (nSPS) is 30.0. The molecule has 1 unspecified atom stereocenters.